The molecule has 1 saturated carbocycles. The summed E-state index contributed by atoms with van der Waals surface area (Å²) in [6.07, 6.45) is 3.77. The van der Waals surface area contributed by atoms with Gasteiger partial charge in [0.1, 0.15) is 0 Å². The summed E-state index contributed by atoms with van der Waals surface area (Å²) in [5, 5.41) is 10.3. The van der Waals surface area contributed by atoms with Crippen LogP contribution in [0.15, 0.2) is 59.6 Å². The van der Waals surface area contributed by atoms with Crippen LogP contribution in [0.25, 0.3) is 0 Å². The SMILES string of the molecule is CN=C(NCc1ccc(NCCOC)cc1)NCC1(c2ccccc2)CCC1. The van der Waals surface area contributed by atoms with Gasteiger partial charge in [-0.1, -0.05) is 48.9 Å². The van der Waals surface area contributed by atoms with E-state index >= 15 is 0 Å². The number of benzene rings is 2. The number of guanidine groups is 1. The topological polar surface area (TPSA) is 57.7 Å². The molecule has 1 aliphatic carbocycles. The molecule has 28 heavy (non-hydrogen) atoms. The van der Waals surface area contributed by atoms with E-state index in [9.17, 15) is 0 Å². The molecular formula is C23H32N4O. The van der Waals surface area contributed by atoms with Crippen LogP contribution in [-0.2, 0) is 16.7 Å². The summed E-state index contributed by atoms with van der Waals surface area (Å²) < 4.78 is 5.06. The molecule has 150 valence electrons. The molecule has 0 radical (unpaired) electrons. The third kappa shape index (κ3) is 5.26. The number of anilines is 1. The van der Waals surface area contributed by atoms with Crippen molar-refractivity contribution in [2.24, 2.45) is 4.99 Å². The van der Waals surface area contributed by atoms with Crippen molar-refractivity contribution in [2.75, 3.05) is 39.2 Å². The Morgan fingerprint density at radius 1 is 1.04 bits per heavy atom. The fourth-order valence-electron chi connectivity index (χ4n) is 3.66. The zero-order valence-electron chi connectivity index (χ0n) is 17.0. The van der Waals surface area contributed by atoms with E-state index in [4.69, 9.17) is 4.74 Å². The summed E-state index contributed by atoms with van der Waals surface area (Å²) >= 11 is 0. The first kappa shape index (κ1) is 20.2. The molecular weight excluding hydrogens is 348 g/mol. The molecule has 3 N–H and O–H groups in total. The molecule has 0 saturated heterocycles. The van der Waals surface area contributed by atoms with Crippen LogP contribution in [0.2, 0.25) is 0 Å². The Morgan fingerprint density at radius 2 is 1.79 bits per heavy atom. The summed E-state index contributed by atoms with van der Waals surface area (Å²) in [6, 6.07) is 19.3. The molecule has 0 bridgehead atoms. The van der Waals surface area contributed by atoms with Crippen molar-refractivity contribution in [1.29, 1.82) is 0 Å². The fourth-order valence-corrected chi connectivity index (χ4v) is 3.66. The average Bonchev–Trinajstić information content (AvgIpc) is 2.71. The first-order chi connectivity index (χ1) is 13.8. The minimum Gasteiger partial charge on any atom is -0.383 e. The van der Waals surface area contributed by atoms with Gasteiger partial charge >= 0.3 is 0 Å². The first-order valence-electron chi connectivity index (χ1n) is 10.1. The van der Waals surface area contributed by atoms with Gasteiger partial charge in [-0.05, 0) is 36.1 Å². The van der Waals surface area contributed by atoms with Crippen LogP contribution in [0.5, 0.6) is 0 Å². The first-order valence-corrected chi connectivity index (χ1v) is 10.1. The number of ether oxygens (including phenoxy) is 1. The van der Waals surface area contributed by atoms with E-state index in [1.807, 2.05) is 7.05 Å². The quantitative estimate of drug-likeness (QED) is 0.354. The largest absolute Gasteiger partial charge is 0.383 e. The molecule has 3 rings (SSSR count). The molecule has 1 aliphatic rings. The fraction of sp³-hybridized carbons (Fsp3) is 0.435. The Balaban J connectivity index is 1.48. The van der Waals surface area contributed by atoms with Crippen molar-refractivity contribution < 1.29 is 4.74 Å². The van der Waals surface area contributed by atoms with Crippen molar-refractivity contribution >= 4 is 11.6 Å². The Kier molecular flexibility index (Phi) is 7.31. The van der Waals surface area contributed by atoms with Gasteiger partial charge in [0, 0.05) is 44.9 Å². The van der Waals surface area contributed by atoms with Crippen molar-refractivity contribution in [1.82, 2.24) is 10.6 Å². The molecule has 0 unspecified atom stereocenters. The van der Waals surface area contributed by atoms with Crippen molar-refractivity contribution in [3.8, 4) is 0 Å². The number of hydrogen-bond donors (Lipinski definition) is 3. The molecule has 5 nitrogen and oxygen atoms in total. The lowest BCUT2D eigenvalue weighted by Gasteiger charge is -2.43. The van der Waals surface area contributed by atoms with Gasteiger partial charge in [-0.25, -0.2) is 0 Å². The minimum absolute atomic E-state index is 0.244. The van der Waals surface area contributed by atoms with Crippen molar-refractivity contribution in [3.05, 3.63) is 65.7 Å². The summed E-state index contributed by atoms with van der Waals surface area (Å²) in [5.41, 5.74) is 4.01. The molecule has 5 heteroatoms. The predicted molar refractivity (Wildman–Crippen MR) is 117 cm³/mol. The van der Waals surface area contributed by atoms with Crippen LogP contribution in [0.3, 0.4) is 0 Å². The number of hydrogen-bond acceptors (Lipinski definition) is 3. The monoisotopic (exact) mass is 380 g/mol. The number of aliphatic imine (C=N–C) groups is 1. The lowest BCUT2D eigenvalue weighted by atomic mass is 9.64. The normalized spacial score (nSPS) is 15.6. The molecule has 0 spiro atoms. The van der Waals surface area contributed by atoms with Gasteiger partial charge in [-0.2, -0.15) is 0 Å². The van der Waals surface area contributed by atoms with E-state index in [1.165, 1.54) is 30.4 Å². The van der Waals surface area contributed by atoms with Crippen molar-refractivity contribution in [2.45, 2.75) is 31.2 Å². The van der Waals surface area contributed by atoms with Crippen LogP contribution >= 0.6 is 0 Å². The van der Waals surface area contributed by atoms with E-state index in [0.717, 1.165) is 31.3 Å². The van der Waals surface area contributed by atoms with Gasteiger partial charge in [0.25, 0.3) is 0 Å². The molecule has 2 aromatic rings. The zero-order valence-corrected chi connectivity index (χ0v) is 17.0. The van der Waals surface area contributed by atoms with E-state index in [0.29, 0.717) is 6.61 Å². The number of nitrogens with zero attached hydrogens (tertiary/aromatic N) is 1. The number of methoxy groups -OCH3 is 1. The Bertz CT molecular complexity index is 739. The third-order valence-electron chi connectivity index (χ3n) is 5.56. The Morgan fingerprint density at radius 3 is 2.39 bits per heavy atom. The highest BCUT2D eigenvalue weighted by atomic mass is 16.5. The molecule has 0 aromatic heterocycles. The lowest BCUT2D eigenvalue weighted by molar-refractivity contribution is 0.211. The summed E-state index contributed by atoms with van der Waals surface area (Å²) in [4.78, 5) is 4.39. The maximum absolute atomic E-state index is 5.06. The van der Waals surface area contributed by atoms with Crippen LogP contribution < -0.4 is 16.0 Å². The molecule has 1 fully saturated rings. The van der Waals surface area contributed by atoms with E-state index < -0.39 is 0 Å². The van der Waals surface area contributed by atoms with Gasteiger partial charge in [0.05, 0.1) is 6.61 Å². The lowest BCUT2D eigenvalue weighted by Crippen LogP contribution is -2.48. The van der Waals surface area contributed by atoms with Gasteiger partial charge in [0.2, 0.25) is 0 Å². The van der Waals surface area contributed by atoms with Crippen LogP contribution in [0.4, 0.5) is 5.69 Å². The summed E-state index contributed by atoms with van der Waals surface area (Å²) in [5.74, 6) is 0.851. The highest BCUT2D eigenvalue weighted by Crippen LogP contribution is 2.43. The summed E-state index contributed by atoms with van der Waals surface area (Å²) in [6.45, 7) is 3.18. The zero-order chi connectivity index (χ0) is 19.7. The highest BCUT2D eigenvalue weighted by Gasteiger charge is 2.38. The van der Waals surface area contributed by atoms with Crippen LogP contribution in [0, 0.1) is 0 Å². The molecule has 0 aliphatic heterocycles. The summed E-state index contributed by atoms with van der Waals surface area (Å²) in [7, 11) is 3.54. The number of nitrogens with one attached hydrogen (secondary N) is 3. The van der Waals surface area contributed by atoms with Gasteiger partial charge in [0.15, 0.2) is 5.96 Å². The average molecular weight is 381 g/mol. The maximum atomic E-state index is 5.06. The van der Waals surface area contributed by atoms with Gasteiger partial charge in [-0.3, -0.25) is 4.99 Å². The minimum atomic E-state index is 0.244. The Hall–Kier alpha value is -2.53. The molecule has 0 heterocycles. The predicted octanol–water partition coefficient (Wildman–Crippen LogP) is 3.53. The van der Waals surface area contributed by atoms with Crippen LogP contribution in [-0.4, -0.2) is 39.8 Å². The van der Waals surface area contributed by atoms with E-state index in [2.05, 4.69) is 75.5 Å². The number of rotatable bonds is 9. The van der Waals surface area contributed by atoms with Crippen molar-refractivity contribution in [3.63, 3.8) is 0 Å². The maximum Gasteiger partial charge on any atom is 0.191 e. The smallest absolute Gasteiger partial charge is 0.191 e. The standard InChI is InChI=1S/C23H32N4O/c1-24-22(26-17-19-9-11-21(12-10-19)25-15-16-28-2)27-18-23(13-6-14-23)20-7-4-3-5-8-20/h3-5,7-12,25H,6,13-18H2,1-2H3,(H2,24,26,27). The second kappa shape index (κ2) is 10.1. The Labute approximate surface area is 168 Å². The molecule has 0 atom stereocenters. The van der Waals surface area contributed by atoms with E-state index in [1.54, 1.807) is 7.11 Å². The van der Waals surface area contributed by atoms with Gasteiger partial charge < -0.3 is 20.7 Å². The molecule has 2 aromatic carbocycles. The third-order valence-corrected chi connectivity index (χ3v) is 5.56. The molecule has 0 amide bonds. The van der Waals surface area contributed by atoms with Crippen LogP contribution in [0.1, 0.15) is 30.4 Å². The van der Waals surface area contributed by atoms with E-state index in [-0.39, 0.29) is 5.41 Å². The van der Waals surface area contributed by atoms with Gasteiger partial charge in [-0.15, -0.1) is 0 Å². The second-order valence-corrected chi connectivity index (χ2v) is 7.40. The highest BCUT2D eigenvalue weighted by molar-refractivity contribution is 5.79. The second-order valence-electron chi connectivity index (χ2n) is 7.40.